The molecule has 26 heavy (non-hydrogen) atoms. The number of hydrogen-bond acceptors (Lipinski definition) is 5. The summed E-state index contributed by atoms with van der Waals surface area (Å²) in [6, 6.07) is 8.18. The molecule has 0 amide bonds. The third kappa shape index (κ3) is 3.35. The molecule has 0 fully saturated rings. The molecular formula is C19H18O6S. The monoisotopic (exact) mass is 374 g/mol. The van der Waals surface area contributed by atoms with E-state index in [4.69, 9.17) is 9.52 Å². The number of aromatic carboxylic acids is 1. The molecule has 1 heterocycles. The Labute approximate surface area is 150 Å². The fourth-order valence-corrected chi connectivity index (χ4v) is 4.20. The second-order valence-electron chi connectivity index (χ2n) is 6.13. The van der Waals surface area contributed by atoms with E-state index in [1.54, 1.807) is 0 Å². The number of hydrogen-bond donors (Lipinski definition) is 1. The van der Waals surface area contributed by atoms with Gasteiger partial charge in [0.05, 0.1) is 27.0 Å². The van der Waals surface area contributed by atoms with E-state index < -0.39 is 15.8 Å². The summed E-state index contributed by atoms with van der Waals surface area (Å²) in [5, 5.41) is 9.43. The average Bonchev–Trinajstić information content (AvgIpc) is 2.61. The van der Waals surface area contributed by atoms with Gasteiger partial charge in [-0.1, -0.05) is 19.8 Å². The summed E-state index contributed by atoms with van der Waals surface area (Å²) in [7, 11) is -3.45. The van der Waals surface area contributed by atoms with Gasteiger partial charge in [0.2, 0.25) is 5.43 Å². The predicted octanol–water partition coefficient (Wildman–Crippen LogP) is 3.61. The van der Waals surface area contributed by atoms with Crippen LogP contribution in [0.2, 0.25) is 0 Å². The van der Waals surface area contributed by atoms with Crippen molar-refractivity contribution in [2.45, 2.75) is 31.1 Å². The molecule has 0 aliphatic rings. The van der Waals surface area contributed by atoms with Crippen LogP contribution in [0, 0.1) is 0 Å². The molecule has 0 atom stereocenters. The Balaban J connectivity index is 2.14. The number of sulfone groups is 1. The summed E-state index contributed by atoms with van der Waals surface area (Å²) in [6.07, 6.45) is 2.33. The fraction of sp³-hybridized carbons (Fsp3) is 0.263. The minimum absolute atomic E-state index is 0.0146. The van der Waals surface area contributed by atoms with Crippen LogP contribution in [0.4, 0.5) is 0 Å². The molecule has 0 bridgehead atoms. The van der Waals surface area contributed by atoms with E-state index in [-0.39, 0.29) is 43.6 Å². The Bertz CT molecular complexity index is 1160. The maximum absolute atomic E-state index is 12.6. The van der Waals surface area contributed by atoms with Crippen LogP contribution in [-0.4, -0.2) is 25.2 Å². The van der Waals surface area contributed by atoms with Crippen molar-refractivity contribution in [2.24, 2.45) is 0 Å². The molecule has 6 nitrogen and oxygen atoms in total. The normalized spacial score (nSPS) is 11.9. The maximum Gasteiger partial charge on any atom is 0.335 e. The van der Waals surface area contributed by atoms with Gasteiger partial charge in [0, 0.05) is 6.07 Å². The number of rotatable bonds is 6. The summed E-state index contributed by atoms with van der Waals surface area (Å²) in [5.41, 5.74) is -0.0197. The highest BCUT2D eigenvalue weighted by molar-refractivity contribution is 7.91. The van der Waals surface area contributed by atoms with E-state index in [0.29, 0.717) is 6.42 Å². The number of carbonyl (C=O) groups is 1. The molecule has 0 aliphatic carbocycles. The number of carboxylic acids is 1. The van der Waals surface area contributed by atoms with E-state index in [0.717, 1.165) is 12.8 Å². The second kappa shape index (κ2) is 6.92. The van der Waals surface area contributed by atoms with Crippen LogP contribution in [0.3, 0.4) is 0 Å². The first kappa shape index (κ1) is 18.1. The lowest BCUT2D eigenvalue weighted by Crippen LogP contribution is -2.08. The molecule has 0 saturated heterocycles. The van der Waals surface area contributed by atoms with Crippen LogP contribution in [0.25, 0.3) is 21.9 Å². The zero-order valence-corrected chi connectivity index (χ0v) is 15.0. The third-order valence-corrected chi connectivity index (χ3v) is 6.06. The van der Waals surface area contributed by atoms with Gasteiger partial charge in [0.15, 0.2) is 9.84 Å². The van der Waals surface area contributed by atoms with Crippen molar-refractivity contribution in [3.63, 3.8) is 0 Å². The molecule has 1 aromatic heterocycles. The minimum Gasteiger partial charge on any atom is -0.478 e. The largest absolute Gasteiger partial charge is 0.478 e. The summed E-state index contributed by atoms with van der Waals surface area (Å²) >= 11 is 0. The molecular weight excluding hydrogens is 356 g/mol. The summed E-state index contributed by atoms with van der Waals surface area (Å²) < 4.78 is 30.5. The van der Waals surface area contributed by atoms with Gasteiger partial charge in [-0.3, -0.25) is 4.79 Å². The van der Waals surface area contributed by atoms with Crippen LogP contribution < -0.4 is 5.43 Å². The van der Waals surface area contributed by atoms with Crippen molar-refractivity contribution in [1.29, 1.82) is 0 Å². The lowest BCUT2D eigenvalue weighted by molar-refractivity contribution is 0.0697. The molecule has 3 aromatic rings. The van der Waals surface area contributed by atoms with Gasteiger partial charge < -0.3 is 9.52 Å². The van der Waals surface area contributed by atoms with Gasteiger partial charge in [0.25, 0.3) is 0 Å². The molecule has 0 saturated carbocycles. The van der Waals surface area contributed by atoms with Crippen molar-refractivity contribution < 1.29 is 22.7 Å². The Kier molecular flexibility index (Phi) is 4.82. The van der Waals surface area contributed by atoms with Gasteiger partial charge in [-0.2, -0.15) is 0 Å². The fourth-order valence-electron chi connectivity index (χ4n) is 2.82. The second-order valence-corrected chi connectivity index (χ2v) is 8.24. The van der Waals surface area contributed by atoms with Crippen LogP contribution in [0.5, 0.6) is 0 Å². The summed E-state index contributed by atoms with van der Waals surface area (Å²) in [4.78, 5) is 23.8. The van der Waals surface area contributed by atoms with E-state index in [2.05, 4.69) is 0 Å². The zero-order valence-electron chi connectivity index (χ0n) is 14.2. The number of benzene rings is 2. The number of fused-ring (bicyclic) bond motifs is 2. The molecule has 0 radical (unpaired) electrons. The van der Waals surface area contributed by atoms with Crippen molar-refractivity contribution in [3.05, 3.63) is 52.2 Å². The molecule has 0 aliphatic heterocycles. The lowest BCUT2D eigenvalue weighted by atomic mass is 10.1. The lowest BCUT2D eigenvalue weighted by Gasteiger charge is -2.06. The van der Waals surface area contributed by atoms with Crippen molar-refractivity contribution in [2.75, 3.05) is 5.75 Å². The van der Waals surface area contributed by atoms with Crippen molar-refractivity contribution in [3.8, 4) is 0 Å². The van der Waals surface area contributed by atoms with Gasteiger partial charge in [-0.05, 0) is 36.8 Å². The van der Waals surface area contributed by atoms with Gasteiger partial charge in [0.1, 0.15) is 11.2 Å². The highest BCUT2D eigenvalue weighted by Gasteiger charge is 2.17. The number of unbranched alkanes of at least 4 members (excludes halogenated alkanes) is 2. The summed E-state index contributed by atoms with van der Waals surface area (Å²) in [6.45, 7) is 2.00. The first-order chi connectivity index (χ1) is 12.3. The highest BCUT2D eigenvalue weighted by Crippen LogP contribution is 2.23. The van der Waals surface area contributed by atoms with E-state index in [9.17, 15) is 18.0 Å². The zero-order chi connectivity index (χ0) is 18.9. The SMILES string of the molecule is CCCCCS(=O)(=O)c1ccc2c(=O)c3cc(C(=O)O)ccc3oc2c1. The quantitative estimate of drug-likeness (QED) is 0.522. The average molecular weight is 374 g/mol. The highest BCUT2D eigenvalue weighted by atomic mass is 32.2. The third-order valence-electron chi connectivity index (χ3n) is 4.26. The topological polar surface area (TPSA) is 102 Å². The first-order valence-corrected chi connectivity index (χ1v) is 9.95. The molecule has 1 N–H and O–H groups in total. The standard InChI is InChI=1S/C19H18O6S/c1-2-3-4-9-26(23,24)13-6-7-14-17(11-13)25-16-8-5-12(19(21)22)10-15(16)18(14)20/h5-8,10-11H,2-4,9H2,1H3,(H,21,22). The Hall–Kier alpha value is -2.67. The summed E-state index contributed by atoms with van der Waals surface area (Å²) in [5.74, 6) is -1.09. The maximum atomic E-state index is 12.6. The molecule has 136 valence electrons. The van der Waals surface area contributed by atoms with Crippen molar-refractivity contribution >= 4 is 37.7 Å². The van der Waals surface area contributed by atoms with Crippen LogP contribution in [-0.2, 0) is 9.84 Å². The molecule has 7 heteroatoms. The molecule has 0 unspecified atom stereocenters. The number of carboxylic acid groups (broad SMARTS) is 1. The minimum atomic E-state index is -3.45. The predicted molar refractivity (Wildman–Crippen MR) is 98.5 cm³/mol. The Morgan fingerprint density at radius 3 is 2.50 bits per heavy atom. The van der Waals surface area contributed by atoms with Crippen LogP contribution >= 0.6 is 0 Å². The van der Waals surface area contributed by atoms with Gasteiger partial charge in [-0.25, -0.2) is 13.2 Å². The Morgan fingerprint density at radius 2 is 1.81 bits per heavy atom. The van der Waals surface area contributed by atoms with Crippen molar-refractivity contribution in [1.82, 2.24) is 0 Å². The Morgan fingerprint density at radius 1 is 1.04 bits per heavy atom. The van der Waals surface area contributed by atoms with Gasteiger partial charge in [-0.15, -0.1) is 0 Å². The smallest absolute Gasteiger partial charge is 0.335 e. The molecule has 3 rings (SSSR count). The van der Waals surface area contributed by atoms with E-state index in [1.165, 1.54) is 36.4 Å². The van der Waals surface area contributed by atoms with E-state index >= 15 is 0 Å². The first-order valence-electron chi connectivity index (χ1n) is 8.30. The molecule has 2 aromatic carbocycles. The van der Waals surface area contributed by atoms with Crippen LogP contribution in [0.1, 0.15) is 36.5 Å². The van der Waals surface area contributed by atoms with Gasteiger partial charge >= 0.3 is 5.97 Å². The molecule has 0 spiro atoms. The van der Waals surface area contributed by atoms with E-state index in [1.807, 2.05) is 6.92 Å². The van der Waals surface area contributed by atoms with Crippen LogP contribution in [0.15, 0.2) is 50.5 Å².